The van der Waals surface area contributed by atoms with E-state index in [1.165, 1.54) is 7.11 Å². The SMILES string of the molecule is CCOc1ccc(C(=O)[C@@H]2C[C@@H]2C(=O)OC)cc1. The van der Waals surface area contributed by atoms with Gasteiger partial charge in [0.15, 0.2) is 5.78 Å². The molecule has 2 atom stereocenters. The molecular formula is C14H16O4. The Bertz CT molecular complexity index is 449. The molecule has 4 nitrogen and oxygen atoms in total. The van der Waals surface area contributed by atoms with Crippen molar-refractivity contribution in [3.8, 4) is 5.75 Å². The van der Waals surface area contributed by atoms with Crippen LogP contribution in [-0.2, 0) is 9.53 Å². The van der Waals surface area contributed by atoms with E-state index in [1.807, 2.05) is 6.92 Å². The van der Waals surface area contributed by atoms with E-state index in [2.05, 4.69) is 4.74 Å². The van der Waals surface area contributed by atoms with Gasteiger partial charge in [-0.15, -0.1) is 0 Å². The summed E-state index contributed by atoms with van der Waals surface area (Å²) in [7, 11) is 1.35. The second kappa shape index (κ2) is 5.21. The maximum Gasteiger partial charge on any atom is 0.309 e. The molecule has 0 aromatic heterocycles. The summed E-state index contributed by atoms with van der Waals surface area (Å²) in [5.41, 5.74) is 0.620. The van der Waals surface area contributed by atoms with Gasteiger partial charge in [-0.1, -0.05) is 0 Å². The molecule has 0 heterocycles. The number of carbonyl (C=O) groups is 2. The number of Topliss-reactive ketones (excluding diaryl/α,β-unsaturated/α-hetero) is 1. The molecule has 0 amide bonds. The topological polar surface area (TPSA) is 52.6 Å². The number of benzene rings is 1. The third-order valence-electron chi connectivity index (χ3n) is 3.08. The molecule has 0 aliphatic heterocycles. The number of methoxy groups -OCH3 is 1. The fraction of sp³-hybridized carbons (Fsp3) is 0.429. The van der Waals surface area contributed by atoms with E-state index in [-0.39, 0.29) is 23.6 Å². The van der Waals surface area contributed by atoms with Gasteiger partial charge in [-0.2, -0.15) is 0 Å². The number of hydrogen-bond donors (Lipinski definition) is 0. The quantitative estimate of drug-likeness (QED) is 0.591. The summed E-state index contributed by atoms with van der Waals surface area (Å²) in [6, 6.07) is 7.01. The van der Waals surface area contributed by atoms with Crippen molar-refractivity contribution >= 4 is 11.8 Å². The van der Waals surface area contributed by atoms with E-state index in [0.29, 0.717) is 18.6 Å². The minimum Gasteiger partial charge on any atom is -0.494 e. The molecule has 0 N–H and O–H groups in total. The van der Waals surface area contributed by atoms with E-state index in [1.54, 1.807) is 24.3 Å². The van der Waals surface area contributed by atoms with Gasteiger partial charge in [-0.05, 0) is 37.6 Å². The second-order valence-corrected chi connectivity index (χ2v) is 4.29. The van der Waals surface area contributed by atoms with Crippen LogP contribution >= 0.6 is 0 Å². The van der Waals surface area contributed by atoms with Gasteiger partial charge in [-0.3, -0.25) is 9.59 Å². The van der Waals surface area contributed by atoms with Crippen LogP contribution in [0.1, 0.15) is 23.7 Å². The number of rotatable bonds is 5. The van der Waals surface area contributed by atoms with Crippen LogP contribution in [0.4, 0.5) is 0 Å². The Balaban J connectivity index is 2.00. The Hall–Kier alpha value is -1.84. The minimum atomic E-state index is -0.292. The number of ether oxygens (including phenoxy) is 2. The number of hydrogen-bond acceptors (Lipinski definition) is 4. The molecule has 4 heteroatoms. The van der Waals surface area contributed by atoms with E-state index in [9.17, 15) is 9.59 Å². The predicted molar refractivity (Wildman–Crippen MR) is 65.6 cm³/mol. The van der Waals surface area contributed by atoms with Gasteiger partial charge >= 0.3 is 5.97 Å². The van der Waals surface area contributed by atoms with Gasteiger partial charge in [0.1, 0.15) is 5.75 Å². The monoisotopic (exact) mass is 248 g/mol. The fourth-order valence-corrected chi connectivity index (χ4v) is 1.99. The zero-order valence-corrected chi connectivity index (χ0v) is 10.5. The van der Waals surface area contributed by atoms with Crippen LogP contribution in [-0.4, -0.2) is 25.5 Å². The Morgan fingerprint density at radius 3 is 2.44 bits per heavy atom. The molecule has 1 aromatic rings. The van der Waals surface area contributed by atoms with Crippen LogP contribution in [0.3, 0.4) is 0 Å². The molecule has 2 rings (SSSR count). The van der Waals surface area contributed by atoms with Gasteiger partial charge in [0.2, 0.25) is 0 Å². The predicted octanol–water partition coefficient (Wildman–Crippen LogP) is 2.08. The molecule has 0 spiro atoms. The molecule has 1 fully saturated rings. The highest BCUT2D eigenvalue weighted by atomic mass is 16.5. The van der Waals surface area contributed by atoms with Gasteiger partial charge in [0.05, 0.1) is 19.6 Å². The van der Waals surface area contributed by atoms with Crippen LogP contribution < -0.4 is 4.74 Å². The lowest BCUT2D eigenvalue weighted by atomic mass is 10.1. The molecule has 1 aliphatic rings. The molecule has 18 heavy (non-hydrogen) atoms. The lowest BCUT2D eigenvalue weighted by Gasteiger charge is -2.04. The molecular weight excluding hydrogens is 232 g/mol. The average molecular weight is 248 g/mol. The zero-order valence-electron chi connectivity index (χ0n) is 10.5. The molecule has 0 radical (unpaired) electrons. The van der Waals surface area contributed by atoms with E-state index >= 15 is 0 Å². The standard InChI is InChI=1S/C14H16O4/c1-3-18-10-6-4-9(5-7-10)13(15)11-8-12(11)14(16)17-2/h4-7,11-12H,3,8H2,1-2H3/t11-,12+/m1/s1. The highest BCUT2D eigenvalue weighted by Crippen LogP contribution is 2.41. The first-order valence-electron chi connectivity index (χ1n) is 6.02. The lowest BCUT2D eigenvalue weighted by molar-refractivity contribution is -0.142. The highest BCUT2D eigenvalue weighted by molar-refractivity contribution is 6.02. The van der Waals surface area contributed by atoms with Crippen molar-refractivity contribution in [2.45, 2.75) is 13.3 Å². The Labute approximate surface area is 106 Å². The Morgan fingerprint density at radius 1 is 1.22 bits per heavy atom. The Kier molecular flexibility index (Phi) is 3.65. The van der Waals surface area contributed by atoms with Crippen molar-refractivity contribution in [3.05, 3.63) is 29.8 Å². The van der Waals surface area contributed by atoms with Crippen molar-refractivity contribution in [2.75, 3.05) is 13.7 Å². The lowest BCUT2D eigenvalue weighted by Crippen LogP contribution is -2.10. The van der Waals surface area contributed by atoms with E-state index in [0.717, 1.165) is 5.75 Å². The minimum absolute atomic E-state index is 0.00782. The smallest absolute Gasteiger partial charge is 0.309 e. The third kappa shape index (κ3) is 2.53. The summed E-state index contributed by atoms with van der Waals surface area (Å²) in [6.45, 7) is 2.50. The molecule has 0 bridgehead atoms. The zero-order chi connectivity index (χ0) is 13.1. The fourth-order valence-electron chi connectivity index (χ4n) is 1.99. The van der Waals surface area contributed by atoms with Crippen molar-refractivity contribution < 1.29 is 19.1 Å². The number of ketones is 1. The summed E-state index contributed by atoms with van der Waals surface area (Å²) >= 11 is 0. The first-order valence-corrected chi connectivity index (χ1v) is 6.02. The summed E-state index contributed by atoms with van der Waals surface area (Å²) in [5.74, 6) is -0.00781. The Morgan fingerprint density at radius 2 is 1.89 bits per heavy atom. The van der Waals surface area contributed by atoms with Crippen LogP contribution in [0.25, 0.3) is 0 Å². The van der Waals surface area contributed by atoms with Gasteiger partial charge in [-0.25, -0.2) is 0 Å². The summed E-state index contributed by atoms with van der Waals surface area (Å²) < 4.78 is 9.94. The van der Waals surface area contributed by atoms with Crippen molar-refractivity contribution in [2.24, 2.45) is 11.8 Å². The largest absolute Gasteiger partial charge is 0.494 e. The summed E-state index contributed by atoms with van der Waals surface area (Å²) in [5, 5.41) is 0. The normalized spacial score (nSPS) is 21.2. The average Bonchev–Trinajstić information content (AvgIpc) is 3.18. The molecule has 0 saturated heterocycles. The van der Waals surface area contributed by atoms with Crippen molar-refractivity contribution in [1.82, 2.24) is 0 Å². The molecule has 96 valence electrons. The molecule has 1 aromatic carbocycles. The molecule has 0 unspecified atom stereocenters. The first-order chi connectivity index (χ1) is 8.67. The van der Waals surface area contributed by atoms with Crippen molar-refractivity contribution in [3.63, 3.8) is 0 Å². The van der Waals surface area contributed by atoms with Gasteiger partial charge in [0, 0.05) is 11.5 Å². The number of esters is 1. The van der Waals surface area contributed by atoms with Gasteiger partial charge in [0.25, 0.3) is 0 Å². The van der Waals surface area contributed by atoms with Crippen LogP contribution in [0.2, 0.25) is 0 Å². The maximum atomic E-state index is 12.1. The second-order valence-electron chi connectivity index (χ2n) is 4.29. The number of carbonyl (C=O) groups excluding carboxylic acids is 2. The van der Waals surface area contributed by atoms with Crippen LogP contribution in [0, 0.1) is 11.8 Å². The first kappa shape index (κ1) is 12.6. The maximum absolute atomic E-state index is 12.1. The molecule has 1 saturated carbocycles. The molecule has 1 aliphatic carbocycles. The van der Waals surface area contributed by atoms with E-state index < -0.39 is 0 Å². The summed E-state index contributed by atoms with van der Waals surface area (Å²) in [4.78, 5) is 23.3. The van der Waals surface area contributed by atoms with Gasteiger partial charge < -0.3 is 9.47 Å². The summed E-state index contributed by atoms with van der Waals surface area (Å²) in [6.07, 6.45) is 0.596. The third-order valence-corrected chi connectivity index (χ3v) is 3.08. The van der Waals surface area contributed by atoms with E-state index in [4.69, 9.17) is 4.74 Å². The van der Waals surface area contributed by atoms with Crippen LogP contribution in [0.15, 0.2) is 24.3 Å². The van der Waals surface area contributed by atoms with Crippen LogP contribution in [0.5, 0.6) is 5.75 Å². The van der Waals surface area contributed by atoms with Crippen molar-refractivity contribution in [1.29, 1.82) is 0 Å². The highest BCUT2D eigenvalue weighted by Gasteiger charge is 2.48.